The molecule has 0 aliphatic heterocycles. The molecule has 0 saturated carbocycles. The Bertz CT molecular complexity index is 976. The Morgan fingerprint density at radius 2 is 2.15 bits per heavy atom. The molecule has 2 heterocycles. The van der Waals surface area contributed by atoms with Crippen molar-refractivity contribution >= 4 is 17.6 Å². The molecule has 0 bridgehead atoms. The minimum absolute atomic E-state index is 0.0204. The summed E-state index contributed by atoms with van der Waals surface area (Å²) in [7, 11) is 1.21. The van der Waals surface area contributed by atoms with Gasteiger partial charge in [0, 0.05) is 12.0 Å². The van der Waals surface area contributed by atoms with Crippen LogP contribution in [0.25, 0.3) is 0 Å². The van der Waals surface area contributed by atoms with Crippen LogP contribution in [0.4, 0.5) is 11.6 Å². The normalized spacial score (nSPS) is 11.5. The SMILES string of the molecule is COC(=O)CCn1c(O)c(C#N)cc(N=Nc2n[nH]c(C(C)(C)C)n2)c1=O. The average Bonchev–Trinajstić information content (AvgIpc) is 3.10. The first-order valence-corrected chi connectivity index (χ1v) is 7.95. The van der Waals surface area contributed by atoms with Crippen molar-refractivity contribution in [2.75, 3.05) is 7.11 Å². The van der Waals surface area contributed by atoms with Gasteiger partial charge < -0.3 is 9.84 Å². The Hall–Kier alpha value is -3.55. The van der Waals surface area contributed by atoms with Crippen LogP contribution in [-0.4, -0.2) is 37.9 Å². The van der Waals surface area contributed by atoms with Gasteiger partial charge in [0.15, 0.2) is 5.69 Å². The molecule has 0 radical (unpaired) electrons. The molecule has 0 fully saturated rings. The fourth-order valence-electron chi connectivity index (χ4n) is 2.04. The molecule has 0 aromatic carbocycles. The van der Waals surface area contributed by atoms with Crippen LogP contribution in [0.2, 0.25) is 0 Å². The largest absolute Gasteiger partial charge is 0.493 e. The molecule has 2 N–H and O–H groups in total. The number of hydrogen-bond donors (Lipinski definition) is 2. The van der Waals surface area contributed by atoms with E-state index in [4.69, 9.17) is 5.26 Å². The predicted octanol–water partition coefficient (Wildman–Crippen LogP) is 1.82. The van der Waals surface area contributed by atoms with E-state index >= 15 is 0 Å². The summed E-state index contributed by atoms with van der Waals surface area (Å²) in [5.41, 5.74) is -1.37. The van der Waals surface area contributed by atoms with Crippen molar-refractivity contribution in [1.29, 1.82) is 5.26 Å². The summed E-state index contributed by atoms with van der Waals surface area (Å²) in [6.07, 6.45) is -0.161. The van der Waals surface area contributed by atoms with Crippen LogP contribution in [0.15, 0.2) is 21.1 Å². The van der Waals surface area contributed by atoms with Gasteiger partial charge in [0.2, 0.25) is 5.88 Å². The lowest BCUT2D eigenvalue weighted by molar-refractivity contribution is -0.140. The smallest absolute Gasteiger partial charge is 0.307 e. The van der Waals surface area contributed by atoms with Crippen molar-refractivity contribution in [3.63, 3.8) is 0 Å². The number of aromatic nitrogens is 4. The monoisotopic (exact) mass is 373 g/mol. The number of nitrogens with one attached hydrogen (secondary N) is 1. The lowest BCUT2D eigenvalue weighted by Gasteiger charge is -2.12. The van der Waals surface area contributed by atoms with E-state index < -0.39 is 17.4 Å². The Morgan fingerprint density at radius 1 is 1.44 bits per heavy atom. The Balaban J connectivity index is 2.39. The van der Waals surface area contributed by atoms with Gasteiger partial charge in [0.1, 0.15) is 17.5 Å². The molecule has 0 aliphatic rings. The van der Waals surface area contributed by atoms with E-state index in [1.807, 2.05) is 20.8 Å². The number of nitriles is 1. The molecular weight excluding hydrogens is 354 g/mol. The summed E-state index contributed by atoms with van der Waals surface area (Å²) in [5.74, 6) is -0.511. The van der Waals surface area contributed by atoms with E-state index in [1.165, 1.54) is 7.11 Å². The molecule has 11 nitrogen and oxygen atoms in total. The van der Waals surface area contributed by atoms with Gasteiger partial charge in [-0.1, -0.05) is 20.8 Å². The molecule has 2 aromatic rings. The number of rotatable bonds is 5. The summed E-state index contributed by atoms with van der Waals surface area (Å²) in [6.45, 7) is 5.64. The number of pyridine rings is 1. The molecule has 2 aromatic heterocycles. The molecule has 0 unspecified atom stereocenters. The number of ether oxygens (including phenoxy) is 1. The van der Waals surface area contributed by atoms with E-state index in [0.29, 0.717) is 5.82 Å². The van der Waals surface area contributed by atoms with Gasteiger partial charge in [-0.2, -0.15) is 10.2 Å². The number of nitrogens with zero attached hydrogens (tertiary/aromatic N) is 6. The van der Waals surface area contributed by atoms with Crippen LogP contribution in [0.3, 0.4) is 0 Å². The molecule has 11 heteroatoms. The maximum Gasteiger partial charge on any atom is 0.307 e. The number of methoxy groups -OCH3 is 1. The highest BCUT2D eigenvalue weighted by molar-refractivity contribution is 5.69. The first-order chi connectivity index (χ1) is 12.7. The van der Waals surface area contributed by atoms with Crippen LogP contribution < -0.4 is 5.56 Å². The van der Waals surface area contributed by atoms with Crippen LogP contribution in [0.5, 0.6) is 5.88 Å². The number of esters is 1. The van der Waals surface area contributed by atoms with Gasteiger partial charge in [-0.3, -0.25) is 19.3 Å². The minimum Gasteiger partial charge on any atom is -0.493 e. The van der Waals surface area contributed by atoms with E-state index in [0.717, 1.165) is 10.6 Å². The van der Waals surface area contributed by atoms with Crippen LogP contribution in [0.1, 0.15) is 38.6 Å². The third-order valence-corrected chi connectivity index (χ3v) is 3.56. The Kier molecular flexibility index (Phi) is 5.69. The van der Waals surface area contributed by atoms with E-state index in [1.54, 1.807) is 6.07 Å². The van der Waals surface area contributed by atoms with Crippen LogP contribution >= 0.6 is 0 Å². The molecule has 0 atom stereocenters. The zero-order valence-corrected chi connectivity index (χ0v) is 15.3. The summed E-state index contributed by atoms with van der Waals surface area (Å²) in [4.78, 5) is 27.9. The number of carbonyl (C=O) groups excluding carboxylic acids is 1. The lowest BCUT2D eigenvalue weighted by atomic mass is 9.96. The fraction of sp³-hybridized carbons (Fsp3) is 0.438. The van der Waals surface area contributed by atoms with Crippen molar-refractivity contribution in [2.45, 2.75) is 39.2 Å². The van der Waals surface area contributed by atoms with Crippen molar-refractivity contribution in [3.05, 3.63) is 27.8 Å². The molecule has 142 valence electrons. The quantitative estimate of drug-likeness (QED) is 0.597. The second-order valence-corrected chi connectivity index (χ2v) is 6.60. The first-order valence-electron chi connectivity index (χ1n) is 7.95. The molecule has 0 saturated heterocycles. The first kappa shape index (κ1) is 19.8. The lowest BCUT2D eigenvalue weighted by Crippen LogP contribution is -2.22. The number of aromatic amines is 1. The summed E-state index contributed by atoms with van der Waals surface area (Å²) >= 11 is 0. The number of carbonyl (C=O) groups is 1. The second-order valence-electron chi connectivity index (χ2n) is 6.60. The Labute approximate surface area is 154 Å². The molecule has 27 heavy (non-hydrogen) atoms. The van der Waals surface area contributed by atoms with Gasteiger partial charge in [-0.15, -0.1) is 15.3 Å². The second kappa shape index (κ2) is 7.77. The summed E-state index contributed by atoms with van der Waals surface area (Å²) in [6, 6.07) is 2.87. The number of hydrogen-bond acceptors (Lipinski definition) is 9. The van der Waals surface area contributed by atoms with Crippen LogP contribution in [0, 0.1) is 11.3 Å². The van der Waals surface area contributed by atoms with E-state index in [9.17, 15) is 14.7 Å². The highest BCUT2D eigenvalue weighted by Crippen LogP contribution is 2.22. The van der Waals surface area contributed by atoms with Gasteiger partial charge in [0.25, 0.3) is 11.5 Å². The van der Waals surface area contributed by atoms with Crippen molar-refractivity contribution in [1.82, 2.24) is 19.7 Å². The summed E-state index contributed by atoms with van der Waals surface area (Å²) < 4.78 is 5.37. The summed E-state index contributed by atoms with van der Waals surface area (Å²) in [5, 5.41) is 33.4. The standard InChI is InChI=1S/C16H19N7O4/c1-16(2,3)14-18-15(22-20-14)21-19-10-7-9(8-17)12(25)23(13(10)26)6-5-11(24)27-4/h7,25H,5-6H2,1-4H3,(H,18,20,22). The highest BCUT2D eigenvalue weighted by Gasteiger charge is 2.19. The highest BCUT2D eigenvalue weighted by atomic mass is 16.5. The molecule has 0 amide bonds. The fourth-order valence-corrected chi connectivity index (χ4v) is 2.04. The van der Waals surface area contributed by atoms with E-state index in [2.05, 4.69) is 30.1 Å². The van der Waals surface area contributed by atoms with Crippen molar-refractivity contribution in [3.8, 4) is 11.9 Å². The van der Waals surface area contributed by atoms with Crippen molar-refractivity contribution in [2.24, 2.45) is 10.2 Å². The maximum atomic E-state index is 12.5. The molecule has 0 aliphatic carbocycles. The molecule has 0 spiro atoms. The number of aromatic hydroxyl groups is 1. The van der Waals surface area contributed by atoms with Gasteiger partial charge in [-0.05, 0) is 6.07 Å². The zero-order chi connectivity index (χ0) is 20.2. The minimum atomic E-state index is -0.717. The van der Waals surface area contributed by atoms with Gasteiger partial charge >= 0.3 is 5.97 Å². The average molecular weight is 373 g/mol. The third kappa shape index (κ3) is 4.55. The number of H-pyrrole nitrogens is 1. The predicted molar refractivity (Wildman–Crippen MR) is 93.0 cm³/mol. The number of azo groups is 1. The van der Waals surface area contributed by atoms with Gasteiger partial charge in [0.05, 0.1) is 13.5 Å². The third-order valence-electron chi connectivity index (χ3n) is 3.56. The maximum absolute atomic E-state index is 12.5. The van der Waals surface area contributed by atoms with Gasteiger partial charge in [-0.25, -0.2) is 0 Å². The molecule has 2 rings (SSSR count). The Morgan fingerprint density at radius 3 is 2.70 bits per heavy atom. The van der Waals surface area contributed by atoms with Crippen molar-refractivity contribution < 1.29 is 14.6 Å². The topological polar surface area (TPSA) is 159 Å². The molecular formula is C16H19N7O4. The zero-order valence-electron chi connectivity index (χ0n) is 15.3. The van der Waals surface area contributed by atoms with Crippen LogP contribution in [-0.2, 0) is 21.5 Å². The van der Waals surface area contributed by atoms with E-state index in [-0.39, 0.29) is 35.6 Å².